The zero-order valence-corrected chi connectivity index (χ0v) is 21.0. The fourth-order valence-corrected chi connectivity index (χ4v) is 5.24. The van der Waals surface area contributed by atoms with E-state index in [4.69, 9.17) is 19.2 Å². The summed E-state index contributed by atoms with van der Waals surface area (Å²) >= 11 is 0. The highest BCUT2D eigenvalue weighted by Crippen LogP contribution is 2.35. The lowest BCUT2D eigenvalue weighted by atomic mass is 10.0. The Morgan fingerprint density at radius 1 is 1.00 bits per heavy atom. The second kappa shape index (κ2) is 10.3. The van der Waals surface area contributed by atoms with E-state index in [2.05, 4.69) is 47.1 Å². The molecular weight excluding hydrogens is 464 g/mol. The van der Waals surface area contributed by atoms with Gasteiger partial charge in [-0.25, -0.2) is 0 Å². The quantitative estimate of drug-likeness (QED) is 0.396. The van der Waals surface area contributed by atoms with Crippen LogP contribution >= 0.6 is 0 Å². The van der Waals surface area contributed by atoms with Gasteiger partial charge in [0.1, 0.15) is 17.9 Å². The van der Waals surface area contributed by atoms with Crippen molar-refractivity contribution in [3.8, 4) is 34.3 Å². The monoisotopic (exact) mass is 494 g/mol. The topological polar surface area (TPSA) is 83.4 Å². The first-order chi connectivity index (χ1) is 18.2. The third kappa shape index (κ3) is 4.78. The molecule has 0 bridgehead atoms. The molecule has 2 fully saturated rings. The largest absolute Gasteiger partial charge is 0.489 e. The molecule has 0 unspecified atom stereocenters. The highest BCUT2D eigenvalue weighted by Gasteiger charge is 2.19. The van der Waals surface area contributed by atoms with E-state index in [-0.39, 0.29) is 6.10 Å². The normalized spacial score (nSPS) is 16.6. The molecular formula is C30H30N4O3. The molecule has 2 aliphatic rings. The number of benzene rings is 2. The van der Waals surface area contributed by atoms with Crippen molar-refractivity contribution in [3.05, 3.63) is 65.9 Å². The van der Waals surface area contributed by atoms with Gasteiger partial charge in [0, 0.05) is 65.5 Å². The van der Waals surface area contributed by atoms with Crippen LogP contribution in [0.3, 0.4) is 0 Å². The number of aromatic amines is 1. The maximum atomic E-state index is 9.84. The summed E-state index contributed by atoms with van der Waals surface area (Å²) in [4.78, 5) is 10.6. The summed E-state index contributed by atoms with van der Waals surface area (Å²) in [6, 6.07) is 18.9. The minimum Gasteiger partial charge on any atom is -0.489 e. The third-order valence-corrected chi connectivity index (χ3v) is 7.26. The van der Waals surface area contributed by atoms with Gasteiger partial charge in [0.05, 0.1) is 37.7 Å². The van der Waals surface area contributed by atoms with Gasteiger partial charge in [-0.05, 0) is 55.0 Å². The highest BCUT2D eigenvalue weighted by molar-refractivity contribution is 5.96. The van der Waals surface area contributed by atoms with Crippen LogP contribution in [-0.4, -0.2) is 55.6 Å². The maximum absolute atomic E-state index is 9.84. The highest BCUT2D eigenvalue weighted by atomic mass is 16.5. The zero-order chi connectivity index (χ0) is 25.2. The van der Waals surface area contributed by atoms with E-state index in [1.807, 2.05) is 30.5 Å². The molecule has 37 heavy (non-hydrogen) atoms. The average molecular weight is 495 g/mol. The van der Waals surface area contributed by atoms with E-state index in [9.17, 15) is 5.26 Å². The van der Waals surface area contributed by atoms with Gasteiger partial charge in [0.15, 0.2) is 0 Å². The molecule has 0 amide bonds. The molecule has 0 aliphatic carbocycles. The van der Waals surface area contributed by atoms with Gasteiger partial charge < -0.3 is 24.1 Å². The second-order valence-corrected chi connectivity index (χ2v) is 9.65. The molecule has 1 N–H and O–H groups in total. The predicted octanol–water partition coefficient (Wildman–Crippen LogP) is 5.47. The van der Waals surface area contributed by atoms with E-state index >= 15 is 0 Å². The number of pyridine rings is 1. The van der Waals surface area contributed by atoms with Crippen LogP contribution in [0.15, 0.2) is 54.7 Å². The Morgan fingerprint density at radius 3 is 2.59 bits per heavy atom. The predicted molar refractivity (Wildman–Crippen MR) is 144 cm³/mol. The Hall–Kier alpha value is -3.86. The lowest BCUT2D eigenvalue weighted by molar-refractivity contribution is 0.0254. The number of fused-ring (bicyclic) bond motifs is 1. The summed E-state index contributed by atoms with van der Waals surface area (Å²) in [6.45, 7) is 6.93. The third-order valence-electron chi connectivity index (χ3n) is 7.26. The van der Waals surface area contributed by atoms with E-state index in [0.717, 1.165) is 72.6 Å². The van der Waals surface area contributed by atoms with Crippen molar-refractivity contribution >= 4 is 16.6 Å². The number of nitriles is 1. The van der Waals surface area contributed by atoms with Gasteiger partial charge in [-0.15, -0.1) is 0 Å². The Balaban J connectivity index is 1.31. The van der Waals surface area contributed by atoms with Crippen LogP contribution in [0.1, 0.15) is 24.0 Å². The van der Waals surface area contributed by atoms with Gasteiger partial charge in [0.2, 0.25) is 0 Å². The number of ether oxygens (including phenoxy) is 3. The molecule has 4 aromatic rings. The molecule has 2 aromatic heterocycles. The first-order valence-corrected chi connectivity index (χ1v) is 12.9. The van der Waals surface area contributed by atoms with Crippen molar-refractivity contribution in [2.45, 2.75) is 25.9 Å². The smallest absolute Gasteiger partial charge is 0.137 e. The number of nitrogens with one attached hydrogen (secondary N) is 1. The van der Waals surface area contributed by atoms with Gasteiger partial charge >= 0.3 is 0 Å². The van der Waals surface area contributed by atoms with E-state index in [1.54, 1.807) is 0 Å². The maximum Gasteiger partial charge on any atom is 0.137 e. The number of anilines is 1. The second-order valence-electron chi connectivity index (χ2n) is 9.65. The SMILES string of the molecule is Cc1cc(N2CCOCC2)ccc1-c1cc2c(-c3ccc(OC4CCOCC4)c(C#N)c3)nccc2[nH]1. The van der Waals surface area contributed by atoms with Crippen molar-refractivity contribution in [2.75, 3.05) is 44.4 Å². The lowest BCUT2D eigenvalue weighted by Gasteiger charge is -2.29. The first kappa shape index (κ1) is 23.5. The van der Waals surface area contributed by atoms with E-state index in [1.165, 1.54) is 11.3 Å². The first-order valence-electron chi connectivity index (χ1n) is 12.9. The van der Waals surface area contributed by atoms with Crippen LogP contribution in [0.2, 0.25) is 0 Å². The van der Waals surface area contributed by atoms with Crippen molar-refractivity contribution < 1.29 is 14.2 Å². The Labute approximate surface area is 216 Å². The molecule has 188 valence electrons. The number of nitrogens with zero attached hydrogens (tertiary/aromatic N) is 3. The van der Waals surface area contributed by atoms with Crippen LogP contribution in [0.5, 0.6) is 5.75 Å². The van der Waals surface area contributed by atoms with Crippen molar-refractivity contribution in [1.82, 2.24) is 9.97 Å². The molecule has 7 heteroatoms. The number of aromatic nitrogens is 2. The average Bonchev–Trinajstić information content (AvgIpc) is 3.38. The number of hydrogen-bond donors (Lipinski definition) is 1. The fraction of sp³-hybridized carbons (Fsp3) is 0.333. The minimum absolute atomic E-state index is 0.0818. The van der Waals surface area contributed by atoms with Crippen molar-refractivity contribution in [1.29, 1.82) is 5.26 Å². The molecule has 7 nitrogen and oxygen atoms in total. The molecule has 0 radical (unpaired) electrons. The number of rotatable bonds is 5. The van der Waals surface area contributed by atoms with Crippen LogP contribution in [0.25, 0.3) is 33.4 Å². The molecule has 0 atom stereocenters. The summed E-state index contributed by atoms with van der Waals surface area (Å²) < 4.78 is 17.1. The van der Waals surface area contributed by atoms with Gasteiger partial charge in [-0.3, -0.25) is 4.98 Å². The Bertz CT molecular complexity index is 1460. The number of H-pyrrole nitrogens is 1. The van der Waals surface area contributed by atoms with E-state index < -0.39 is 0 Å². The molecule has 2 aliphatic heterocycles. The van der Waals surface area contributed by atoms with Crippen molar-refractivity contribution in [3.63, 3.8) is 0 Å². The van der Waals surface area contributed by atoms with E-state index in [0.29, 0.717) is 24.5 Å². The molecule has 0 saturated carbocycles. The Morgan fingerprint density at radius 2 is 1.81 bits per heavy atom. The number of hydrogen-bond acceptors (Lipinski definition) is 6. The molecule has 0 spiro atoms. The summed E-state index contributed by atoms with van der Waals surface area (Å²) in [6.07, 6.45) is 3.57. The summed E-state index contributed by atoms with van der Waals surface area (Å²) in [7, 11) is 0. The Kier molecular flexibility index (Phi) is 6.52. The molecule has 6 rings (SSSR count). The summed E-state index contributed by atoms with van der Waals surface area (Å²) in [5.41, 5.74) is 7.93. The van der Waals surface area contributed by atoms with Gasteiger partial charge in [-0.1, -0.05) is 6.07 Å². The van der Waals surface area contributed by atoms with Gasteiger partial charge in [-0.2, -0.15) is 5.26 Å². The van der Waals surface area contributed by atoms with Gasteiger partial charge in [0.25, 0.3) is 0 Å². The van der Waals surface area contributed by atoms with Crippen LogP contribution in [0, 0.1) is 18.3 Å². The number of aryl methyl sites for hydroxylation is 1. The van der Waals surface area contributed by atoms with Crippen LogP contribution < -0.4 is 9.64 Å². The standard InChI is InChI=1S/C30H30N4O3/c1-20-16-23(34-10-14-36-15-11-34)3-4-25(20)28-18-26-27(33-28)6-9-32-30(26)21-2-5-29(22(17-21)19-31)37-24-7-12-35-13-8-24/h2-6,9,16-18,24,33H,7-8,10-15H2,1H3. The van der Waals surface area contributed by atoms with Crippen LogP contribution in [-0.2, 0) is 9.47 Å². The van der Waals surface area contributed by atoms with Crippen LogP contribution in [0.4, 0.5) is 5.69 Å². The number of morpholine rings is 1. The molecule has 2 saturated heterocycles. The minimum atomic E-state index is 0.0818. The van der Waals surface area contributed by atoms with Crippen molar-refractivity contribution in [2.24, 2.45) is 0 Å². The summed E-state index contributed by atoms with van der Waals surface area (Å²) in [5, 5.41) is 10.9. The lowest BCUT2D eigenvalue weighted by Crippen LogP contribution is -2.36. The zero-order valence-electron chi connectivity index (χ0n) is 21.0. The molecule has 4 heterocycles. The summed E-state index contributed by atoms with van der Waals surface area (Å²) in [5.74, 6) is 0.621. The fourth-order valence-electron chi connectivity index (χ4n) is 5.24. The molecule has 2 aromatic carbocycles.